The first-order valence-corrected chi connectivity index (χ1v) is 13.7. The van der Waals surface area contributed by atoms with Crippen molar-refractivity contribution in [1.29, 1.82) is 0 Å². The Balaban J connectivity index is 1.40. The largest absolute Gasteiger partial charge is 0.340 e. The van der Waals surface area contributed by atoms with Gasteiger partial charge in [0.05, 0.1) is 22.7 Å². The summed E-state index contributed by atoms with van der Waals surface area (Å²) in [4.78, 5) is 10.1. The highest BCUT2D eigenvalue weighted by atomic mass is 79.9. The standard InChI is InChI=1S/C28H23BrN2S2/c1-3-30-21-7-5-6-8-25(21)32-26-15-18(9-12-22(26)30)19-10-13-23-27(16-19)33-28-17-20(29)11-14-24(28)31(23)4-2/h5-17H,3-4H2,1-2H3. The van der Waals surface area contributed by atoms with Crippen molar-refractivity contribution in [2.24, 2.45) is 0 Å². The van der Waals surface area contributed by atoms with Gasteiger partial charge in [-0.2, -0.15) is 0 Å². The van der Waals surface area contributed by atoms with E-state index in [1.807, 2.05) is 23.5 Å². The summed E-state index contributed by atoms with van der Waals surface area (Å²) < 4.78 is 1.12. The molecule has 6 rings (SSSR count). The maximum absolute atomic E-state index is 3.64. The van der Waals surface area contributed by atoms with E-state index in [9.17, 15) is 0 Å². The van der Waals surface area contributed by atoms with Crippen LogP contribution in [0, 0.1) is 0 Å². The number of halogens is 1. The molecule has 0 unspecified atom stereocenters. The smallest absolute Gasteiger partial charge is 0.0553 e. The van der Waals surface area contributed by atoms with Crippen LogP contribution in [0.25, 0.3) is 11.1 Å². The van der Waals surface area contributed by atoms with Gasteiger partial charge in [-0.3, -0.25) is 0 Å². The summed E-state index contributed by atoms with van der Waals surface area (Å²) in [6.45, 7) is 6.35. The van der Waals surface area contributed by atoms with Crippen LogP contribution in [0.3, 0.4) is 0 Å². The molecular weight excluding hydrogens is 508 g/mol. The normalized spacial score (nSPS) is 13.8. The van der Waals surface area contributed by atoms with Gasteiger partial charge in [-0.1, -0.05) is 63.7 Å². The SMILES string of the molecule is CCN1c2ccccc2Sc2cc(-c3ccc4c(c3)Sc3cc(Br)ccc3N4CC)ccc21. The van der Waals surface area contributed by atoms with Crippen molar-refractivity contribution >= 4 is 62.2 Å². The number of hydrogen-bond acceptors (Lipinski definition) is 4. The van der Waals surface area contributed by atoms with Crippen molar-refractivity contribution in [3.8, 4) is 11.1 Å². The van der Waals surface area contributed by atoms with Crippen LogP contribution in [0.15, 0.2) is 103 Å². The molecule has 5 heteroatoms. The van der Waals surface area contributed by atoms with Gasteiger partial charge in [0.25, 0.3) is 0 Å². The highest BCUT2D eigenvalue weighted by Crippen LogP contribution is 2.51. The maximum atomic E-state index is 3.64. The lowest BCUT2D eigenvalue weighted by Gasteiger charge is -2.33. The van der Waals surface area contributed by atoms with Gasteiger partial charge in [-0.25, -0.2) is 0 Å². The second-order valence-electron chi connectivity index (χ2n) is 8.14. The van der Waals surface area contributed by atoms with E-state index < -0.39 is 0 Å². The summed E-state index contributed by atoms with van der Waals surface area (Å²) in [6, 6.07) is 29.1. The fourth-order valence-electron chi connectivity index (χ4n) is 4.73. The summed E-state index contributed by atoms with van der Waals surface area (Å²) in [5, 5.41) is 0. The van der Waals surface area contributed by atoms with E-state index in [0.29, 0.717) is 0 Å². The molecule has 0 saturated carbocycles. The number of para-hydroxylation sites is 1. The number of rotatable bonds is 3. The fourth-order valence-corrected chi connectivity index (χ4v) is 7.56. The van der Waals surface area contributed by atoms with Crippen molar-refractivity contribution in [3.05, 3.63) is 83.3 Å². The zero-order valence-corrected chi connectivity index (χ0v) is 21.7. The molecule has 0 spiro atoms. The molecule has 0 saturated heterocycles. The molecular formula is C28H23BrN2S2. The molecule has 4 aromatic rings. The Morgan fingerprint density at radius 2 is 1.06 bits per heavy atom. The summed E-state index contributed by atoms with van der Waals surface area (Å²) in [5.41, 5.74) is 7.71. The molecule has 0 bridgehead atoms. The number of nitrogens with zero attached hydrogens (tertiary/aromatic N) is 2. The minimum absolute atomic E-state index is 0.948. The van der Waals surface area contributed by atoms with Crippen LogP contribution in [0.2, 0.25) is 0 Å². The first-order chi connectivity index (χ1) is 16.2. The number of anilines is 4. The van der Waals surface area contributed by atoms with Gasteiger partial charge >= 0.3 is 0 Å². The van der Waals surface area contributed by atoms with E-state index >= 15 is 0 Å². The maximum Gasteiger partial charge on any atom is 0.0553 e. The number of fused-ring (bicyclic) bond motifs is 4. The van der Waals surface area contributed by atoms with Gasteiger partial charge < -0.3 is 9.80 Å². The van der Waals surface area contributed by atoms with Crippen LogP contribution >= 0.6 is 39.5 Å². The first-order valence-electron chi connectivity index (χ1n) is 11.2. The fraction of sp³-hybridized carbons (Fsp3) is 0.143. The van der Waals surface area contributed by atoms with E-state index in [1.54, 1.807) is 0 Å². The molecule has 164 valence electrons. The molecule has 33 heavy (non-hydrogen) atoms. The minimum atomic E-state index is 0.948. The monoisotopic (exact) mass is 530 g/mol. The van der Waals surface area contributed by atoms with Crippen molar-refractivity contribution < 1.29 is 0 Å². The predicted octanol–water partition coefficient (Wildman–Crippen LogP) is 9.36. The molecule has 0 aliphatic carbocycles. The summed E-state index contributed by atoms with van der Waals surface area (Å²) >= 11 is 7.38. The van der Waals surface area contributed by atoms with Gasteiger partial charge in [0.15, 0.2) is 0 Å². The minimum Gasteiger partial charge on any atom is -0.340 e. The molecule has 2 aliphatic heterocycles. The second kappa shape index (κ2) is 8.46. The van der Waals surface area contributed by atoms with Crippen molar-refractivity contribution in [2.45, 2.75) is 33.4 Å². The van der Waals surface area contributed by atoms with Gasteiger partial charge in [0.1, 0.15) is 0 Å². The molecule has 0 atom stereocenters. The second-order valence-corrected chi connectivity index (χ2v) is 11.2. The molecule has 0 radical (unpaired) electrons. The van der Waals surface area contributed by atoms with Crippen LogP contribution < -0.4 is 9.80 Å². The quantitative estimate of drug-likeness (QED) is 0.260. The third-order valence-corrected chi connectivity index (χ3v) is 8.97. The third-order valence-electron chi connectivity index (χ3n) is 6.28. The Hall–Kier alpha value is -2.34. The van der Waals surface area contributed by atoms with Crippen LogP contribution in [0.1, 0.15) is 13.8 Å². The van der Waals surface area contributed by atoms with Crippen LogP contribution in [-0.4, -0.2) is 13.1 Å². The van der Waals surface area contributed by atoms with Crippen LogP contribution in [0.5, 0.6) is 0 Å². The van der Waals surface area contributed by atoms with Gasteiger partial charge in [-0.05, 0) is 79.6 Å². The number of hydrogen-bond donors (Lipinski definition) is 0. The summed E-state index contributed by atoms with van der Waals surface area (Å²) in [5.74, 6) is 0. The first kappa shape index (κ1) is 21.2. The van der Waals surface area contributed by atoms with Crippen molar-refractivity contribution in [2.75, 3.05) is 22.9 Å². The Kier molecular flexibility index (Phi) is 5.44. The molecule has 4 aromatic carbocycles. The highest BCUT2D eigenvalue weighted by Gasteiger charge is 2.25. The number of benzene rings is 4. The van der Waals surface area contributed by atoms with Crippen LogP contribution in [-0.2, 0) is 0 Å². The Labute approximate surface area is 212 Å². The third kappa shape index (κ3) is 3.58. The molecule has 0 N–H and O–H groups in total. The van der Waals surface area contributed by atoms with E-state index in [2.05, 4.69) is 118 Å². The van der Waals surface area contributed by atoms with E-state index in [1.165, 1.54) is 53.5 Å². The zero-order valence-electron chi connectivity index (χ0n) is 18.5. The predicted molar refractivity (Wildman–Crippen MR) is 146 cm³/mol. The van der Waals surface area contributed by atoms with Gasteiger partial charge in [-0.15, -0.1) is 0 Å². The average Bonchev–Trinajstić information content (AvgIpc) is 2.85. The highest BCUT2D eigenvalue weighted by molar-refractivity contribution is 9.10. The van der Waals surface area contributed by atoms with Crippen molar-refractivity contribution in [3.63, 3.8) is 0 Å². The molecule has 2 aliphatic rings. The topological polar surface area (TPSA) is 6.48 Å². The van der Waals surface area contributed by atoms with E-state index in [-0.39, 0.29) is 0 Å². The van der Waals surface area contributed by atoms with Crippen molar-refractivity contribution in [1.82, 2.24) is 0 Å². The lowest BCUT2D eigenvalue weighted by Crippen LogP contribution is -2.20. The lowest BCUT2D eigenvalue weighted by atomic mass is 10.0. The van der Waals surface area contributed by atoms with E-state index in [4.69, 9.17) is 0 Å². The van der Waals surface area contributed by atoms with Gasteiger partial charge in [0.2, 0.25) is 0 Å². The molecule has 2 nitrogen and oxygen atoms in total. The van der Waals surface area contributed by atoms with Crippen LogP contribution in [0.4, 0.5) is 22.7 Å². The lowest BCUT2D eigenvalue weighted by molar-refractivity contribution is 0.977. The summed E-state index contributed by atoms with van der Waals surface area (Å²) in [6.07, 6.45) is 0. The Morgan fingerprint density at radius 3 is 1.67 bits per heavy atom. The molecule has 2 heterocycles. The molecule has 0 aromatic heterocycles. The zero-order chi connectivity index (χ0) is 22.5. The summed E-state index contributed by atoms with van der Waals surface area (Å²) in [7, 11) is 0. The Morgan fingerprint density at radius 1 is 0.576 bits per heavy atom. The molecule has 0 amide bonds. The Bertz CT molecular complexity index is 1380. The van der Waals surface area contributed by atoms with Gasteiger partial charge in [0, 0.05) is 37.1 Å². The average molecular weight is 532 g/mol. The molecule has 0 fully saturated rings. The van der Waals surface area contributed by atoms with E-state index in [0.717, 1.165) is 17.6 Å².